The maximum Gasteiger partial charge on any atom is 0.269 e. The van der Waals surface area contributed by atoms with Crippen LogP contribution in [-0.4, -0.2) is 37.9 Å². The molecular weight excluding hydrogens is 314 g/mol. The number of nitrogens with zero attached hydrogens (tertiary/aromatic N) is 1. The summed E-state index contributed by atoms with van der Waals surface area (Å²) < 4.78 is 23.7. The van der Waals surface area contributed by atoms with E-state index in [-0.39, 0.29) is 4.90 Å². The molecule has 0 unspecified atom stereocenters. The Balaban J connectivity index is 3.04. The summed E-state index contributed by atoms with van der Waals surface area (Å²) in [4.78, 5) is 11.6. The van der Waals surface area contributed by atoms with Gasteiger partial charge in [0.1, 0.15) is 0 Å². The Bertz CT molecular complexity index is 663. The van der Waals surface area contributed by atoms with Crippen molar-refractivity contribution in [3.63, 3.8) is 0 Å². The molecule has 128 valence electrons. The third-order valence-corrected chi connectivity index (χ3v) is 4.69. The van der Waals surface area contributed by atoms with Crippen LogP contribution in [0.4, 0.5) is 0 Å². The van der Waals surface area contributed by atoms with Gasteiger partial charge in [-0.25, -0.2) is 13.5 Å². The van der Waals surface area contributed by atoms with E-state index in [2.05, 4.69) is 6.92 Å². The number of benzene rings is 1. The molecule has 0 bridgehead atoms. The first-order chi connectivity index (χ1) is 10.8. The van der Waals surface area contributed by atoms with Gasteiger partial charge in [0.15, 0.2) is 9.84 Å². The molecule has 1 aromatic rings. The van der Waals surface area contributed by atoms with E-state index in [1.807, 2.05) is 6.07 Å². The largest absolute Gasteiger partial charge is 0.286 e. The first-order valence-electron chi connectivity index (χ1n) is 7.73. The zero-order valence-corrected chi connectivity index (χ0v) is 14.8. The smallest absolute Gasteiger partial charge is 0.269 e. The zero-order chi connectivity index (χ0) is 17.5. The minimum atomic E-state index is -3.39. The molecule has 1 rings (SSSR count). The Morgan fingerprint density at radius 3 is 2.52 bits per heavy atom. The Hall–Kier alpha value is -1.66. The molecule has 23 heavy (non-hydrogen) atoms. The zero-order valence-electron chi connectivity index (χ0n) is 13.9. The summed E-state index contributed by atoms with van der Waals surface area (Å²) in [7, 11) is -2.17. The second-order valence-electron chi connectivity index (χ2n) is 5.65. The number of aryl methyl sites for hydroxylation is 1. The van der Waals surface area contributed by atoms with Crippen molar-refractivity contribution in [2.45, 2.75) is 43.9 Å². The topological polar surface area (TPSA) is 74.7 Å². The van der Waals surface area contributed by atoms with Gasteiger partial charge in [0.2, 0.25) is 0 Å². The molecule has 0 saturated carbocycles. The van der Waals surface area contributed by atoms with Crippen LogP contribution in [0.3, 0.4) is 0 Å². The van der Waals surface area contributed by atoms with Crippen LogP contribution >= 0.6 is 0 Å². The van der Waals surface area contributed by atoms with Gasteiger partial charge >= 0.3 is 0 Å². The van der Waals surface area contributed by atoms with Crippen LogP contribution in [0.2, 0.25) is 0 Å². The lowest BCUT2D eigenvalue weighted by Crippen LogP contribution is -2.19. The fourth-order valence-electron chi connectivity index (χ4n) is 2.25. The second-order valence-corrected chi connectivity index (χ2v) is 7.63. The van der Waals surface area contributed by atoms with Crippen LogP contribution in [-0.2, 0) is 21.1 Å². The van der Waals surface area contributed by atoms with Gasteiger partial charge < -0.3 is 0 Å². The number of hydrogen-bond donors (Lipinski definition) is 1. The molecule has 1 aromatic carbocycles. The highest BCUT2D eigenvalue weighted by molar-refractivity contribution is 7.90. The highest BCUT2D eigenvalue weighted by atomic mass is 32.2. The minimum absolute atomic E-state index is 0.180. The maximum atomic E-state index is 11.9. The normalized spacial score (nSPS) is 11.8. The molecule has 0 fully saturated rings. The van der Waals surface area contributed by atoms with Gasteiger partial charge in [-0.15, -0.1) is 0 Å². The minimum Gasteiger partial charge on any atom is -0.286 e. The number of unbranched alkanes of at least 4 members (excludes halogenated alkanes) is 3. The van der Waals surface area contributed by atoms with E-state index < -0.39 is 15.7 Å². The van der Waals surface area contributed by atoms with Gasteiger partial charge in [0.05, 0.1) is 4.90 Å². The molecular formula is C17H25NO4S. The van der Waals surface area contributed by atoms with Crippen LogP contribution in [0.5, 0.6) is 0 Å². The molecule has 5 nitrogen and oxygen atoms in total. The van der Waals surface area contributed by atoms with Gasteiger partial charge in [-0.05, 0) is 36.1 Å². The van der Waals surface area contributed by atoms with Crippen LogP contribution in [0, 0.1) is 0 Å². The van der Waals surface area contributed by atoms with Crippen molar-refractivity contribution in [3.8, 4) is 0 Å². The number of likely N-dealkylation sites (N-methyl/N-ethyl adjacent to an activating group) is 1. The number of carbonyl (C=O) groups is 1. The molecule has 0 atom stereocenters. The van der Waals surface area contributed by atoms with Crippen molar-refractivity contribution in [1.29, 1.82) is 0 Å². The third-order valence-electron chi connectivity index (χ3n) is 3.52. The van der Waals surface area contributed by atoms with Gasteiger partial charge in [-0.1, -0.05) is 38.3 Å². The average Bonchev–Trinajstić information content (AvgIpc) is 2.48. The highest BCUT2D eigenvalue weighted by Crippen LogP contribution is 2.20. The number of amides is 1. The molecule has 1 N–H and O–H groups in total. The van der Waals surface area contributed by atoms with Crippen LogP contribution < -0.4 is 0 Å². The first kappa shape index (κ1) is 19.4. The number of hydroxylamine groups is 2. The fourth-order valence-corrected chi connectivity index (χ4v) is 3.12. The SMILES string of the molecule is CCCCCCc1ccc(S(C)(=O)=O)c(/C=C/C(=O)N(C)O)c1. The molecule has 0 radical (unpaired) electrons. The Morgan fingerprint density at radius 1 is 1.26 bits per heavy atom. The van der Waals surface area contributed by atoms with Crippen molar-refractivity contribution in [2.24, 2.45) is 0 Å². The number of hydrogen-bond acceptors (Lipinski definition) is 4. The van der Waals surface area contributed by atoms with Crippen molar-refractivity contribution < 1.29 is 18.4 Å². The Kier molecular flexibility index (Phi) is 7.45. The third kappa shape index (κ3) is 6.54. The lowest BCUT2D eigenvalue weighted by molar-refractivity contribution is -0.153. The lowest BCUT2D eigenvalue weighted by atomic mass is 10.0. The van der Waals surface area contributed by atoms with Crippen LogP contribution in [0.25, 0.3) is 6.08 Å². The molecule has 0 saturated heterocycles. The summed E-state index contributed by atoms with van der Waals surface area (Å²) in [5.74, 6) is -0.613. The van der Waals surface area contributed by atoms with Crippen molar-refractivity contribution in [1.82, 2.24) is 5.06 Å². The summed E-state index contributed by atoms with van der Waals surface area (Å²) in [6.45, 7) is 2.15. The van der Waals surface area contributed by atoms with E-state index in [4.69, 9.17) is 5.21 Å². The van der Waals surface area contributed by atoms with E-state index >= 15 is 0 Å². The molecule has 0 spiro atoms. The highest BCUT2D eigenvalue weighted by Gasteiger charge is 2.13. The van der Waals surface area contributed by atoms with E-state index in [1.54, 1.807) is 12.1 Å². The number of carbonyl (C=O) groups excluding carboxylic acids is 1. The van der Waals surface area contributed by atoms with Crippen LogP contribution in [0.15, 0.2) is 29.2 Å². The molecule has 0 aliphatic rings. The van der Waals surface area contributed by atoms with Gasteiger partial charge in [0.25, 0.3) is 5.91 Å². The number of sulfone groups is 1. The summed E-state index contributed by atoms with van der Waals surface area (Å²) >= 11 is 0. The van der Waals surface area contributed by atoms with Gasteiger partial charge in [0, 0.05) is 19.4 Å². The van der Waals surface area contributed by atoms with E-state index in [0.29, 0.717) is 10.6 Å². The Morgan fingerprint density at radius 2 is 1.96 bits per heavy atom. The molecule has 0 heterocycles. The maximum absolute atomic E-state index is 11.9. The van der Waals surface area contributed by atoms with Crippen molar-refractivity contribution in [2.75, 3.05) is 13.3 Å². The van der Waals surface area contributed by atoms with E-state index in [9.17, 15) is 13.2 Å². The molecule has 0 aliphatic heterocycles. The second kappa shape index (κ2) is 8.84. The summed E-state index contributed by atoms with van der Waals surface area (Å²) in [6.07, 6.45) is 9.14. The van der Waals surface area contributed by atoms with E-state index in [0.717, 1.165) is 43.6 Å². The van der Waals surface area contributed by atoms with Gasteiger partial charge in [-0.2, -0.15) is 0 Å². The molecule has 0 aromatic heterocycles. The monoisotopic (exact) mass is 339 g/mol. The Labute approximate surface area is 138 Å². The predicted molar refractivity (Wildman–Crippen MR) is 91.0 cm³/mol. The number of rotatable bonds is 8. The summed E-state index contributed by atoms with van der Waals surface area (Å²) in [6, 6.07) is 5.19. The molecule has 6 heteroatoms. The van der Waals surface area contributed by atoms with Crippen molar-refractivity contribution >= 4 is 21.8 Å². The molecule has 0 aliphatic carbocycles. The van der Waals surface area contributed by atoms with E-state index in [1.165, 1.54) is 19.5 Å². The lowest BCUT2D eigenvalue weighted by Gasteiger charge is -2.09. The predicted octanol–water partition coefficient (Wildman–Crippen LogP) is 3.07. The summed E-state index contributed by atoms with van der Waals surface area (Å²) in [5.41, 5.74) is 1.51. The fraction of sp³-hybridized carbons (Fsp3) is 0.471. The average molecular weight is 339 g/mol. The first-order valence-corrected chi connectivity index (χ1v) is 9.62. The quantitative estimate of drug-likeness (QED) is 0.342. The van der Waals surface area contributed by atoms with Crippen molar-refractivity contribution in [3.05, 3.63) is 35.4 Å². The van der Waals surface area contributed by atoms with Gasteiger partial charge in [-0.3, -0.25) is 10.0 Å². The summed E-state index contributed by atoms with van der Waals surface area (Å²) in [5, 5.41) is 9.51. The van der Waals surface area contributed by atoms with Crippen LogP contribution in [0.1, 0.15) is 43.7 Å². The molecule has 1 amide bonds. The standard InChI is InChI=1S/C17H25NO4S/c1-4-5-6-7-8-14-9-11-16(23(3,21)22)15(13-14)10-12-17(19)18(2)20/h9-13,20H,4-8H2,1-3H3/b12-10+.